The smallest absolute Gasteiger partial charge is 0.193 e. The van der Waals surface area contributed by atoms with Crippen LogP contribution < -0.4 is 0 Å². The van der Waals surface area contributed by atoms with Crippen LogP contribution in [0.1, 0.15) is 45.1 Å². The summed E-state index contributed by atoms with van der Waals surface area (Å²) in [5, 5.41) is 0. The maximum absolute atomic E-state index is 9.87. The van der Waals surface area contributed by atoms with Crippen molar-refractivity contribution in [2.24, 2.45) is 5.92 Å². The molecule has 3 nitrogen and oxygen atoms in total. The third-order valence-corrected chi connectivity index (χ3v) is 4.76. The van der Waals surface area contributed by atoms with Crippen molar-refractivity contribution < 1.29 is 14.3 Å². The summed E-state index contributed by atoms with van der Waals surface area (Å²) in [5.74, 6) is 0.284. The van der Waals surface area contributed by atoms with E-state index in [0.29, 0.717) is 12.8 Å². The molecule has 0 unspecified atom stereocenters. The molecule has 0 heterocycles. The highest BCUT2D eigenvalue weighted by atomic mass is 31.2. The fourth-order valence-corrected chi connectivity index (χ4v) is 3.39. The van der Waals surface area contributed by atoms with Crippen LogP contribution in [0.15, 0.2) is 30.3 Å². The first-order valence-corrected chi connectivity index (χ1v) is 9.35. The molecule has 0 aliphatic rings. The molecule has 0 amide bonds. The van der Waals surface area contributed by atoms with Crippen LogP contribution in [0.2, 0.25) is 0 Å². The third-order valence-electron chi connectivity index (χ3n) is 3.30. The summed E-state index contributed by atoms with van der Waals surface area (Å²) in [6, 6.07) is 10.2. The predicted molar refractivity (Wildman–Crippen MR) is 85.6 cm³/mol. The Labute approximate surface area is 123 Å². The van der Waals surface area contributed by atoms with E-state index in [4.69, 9.17) is 4.52 Å². The fourth-order valence-electron chi connectivity index (χ4n) is 2.13. The molecule has 0 aromatic heterocycles. The third kappa shape index (κ3) is 7.96. The van der Waals surface area contributed by atoms with Crippen LogP contribution in [-0.4, -0.2) is 22.6 Å². The minimum Gasteiger partial charge on any atom is -0.193 e. The van der Waals surface area contributed by atoms with Gasteiger partial charge in [0, 0.05) is 0 Å². The van der Waals surface area contributed by atoms with Crippen LogP contribution in [0.25, 0.3) is 0 Å². The minimum atomic E-state index is -3.14. The Bertz CT molecular complexity index is 354. The van der Waals surface area contributed by atoms with E-state index in [1.54, 1.807) is 0 Å². The number of unbranched alkanes of at least 4 members (excludes halogenated alkanes) is 3. The van der Waals surface area contributed by atoms with E-state index in [2.05, 4.69) is 26.0 Å². The topological polar surface area (TPSA) is 49.7 Å². The molecule has 0 aliphatic carbocycles. The van der Waals surface area contributed by atoms with Gasteiger partial charge in [-0.2, -0.15) is 14.3 Å². The summed E-state index contributed by atoms with van der Waals surface area (Å²) in [4.78, 5) is 19.7. The summed E-state index contributed by atoms with van der Waals surface area (Å²) in [6.07, 6.45) is 5.47. The van der Waals surface area contributed by atoms with Gasteiger partial charge in [0.1, 0.15) is 12.8 Å². The molecule has 0 saturated carbocycles. The molecule has 2 N–H and O–H groups in total. The normalized spacial score (nSPS) is 13.4. The van der Waals surface area contributed by atoms with E-state index in [0.717, 1.165) is 32.1 Å². The average molecular weight is 299 g/mol. The number of benzene rings is 1. The van der Waals surface area contributed by atoms with E-state index in [1.165, 1.54) is 5.56 Å². The standard InChI is InChI=1S/C16H28O3P/c1-3-4-5-9-12-20(17,18)19-14-15(2)13-16-10-7-6-8-11-16/h6-8,10-11,15,17-18H,3-5,9,12-14H2,1-2H3/q+1/t15-/m1/s1. The lowest BCUT2D eigenvalue weighted by Crippen LogP contribution is -2.11. The molecule has 0 bridgehead atoms. The van der Waals surface area contributed by atoms with Gasteiger partial charge < -0.3 is 0 Å². The lowest BCUT2D eigenvalue weighted by Gasteiger charge is -2.15. The zero-order chi connectivity index (χ0) is 14.8. The van der Waals surface area contributed by atoms with E-state index in [1.807, 2.05) is 18.2 Å². The van der Waals surface area contributed by atoms with Gasteiger partial charge >= 0.3 is 7.94 Å². The highest BCUT2D eigenvalue weighted by Crippen LogP contribution is 2.52. The fraction of sp³-hybridized carbons (Fsp3) is 0.625. The first-order chi connectivity index (χ1) is 9.53. The number of hydrogen-bond donors (Lipinski definition) is 2. The molecule has 1 rings (SSSR count). The van der Waals surface area contributed by atoms with E-state index in [9.17, 15) is 9.79 Å². The van der Waals surface area contributed by atoms with Gasteiger partial charge in [-0.1, -0.05) is 57.0 Å². The van der Waals surface area contributed by atoms with Gasteiger partial charge in [-0.15, -0.1) is 0 Å². The summed E-state index contributed by atoms with van der Waals surface area (Å²) in [7, 11) is -3.14. The van der Waals surface area contributed by atoms with E-state index >= 15 is 0 Å². The van der Waals surface area contributed by atoms with Gasteiger partial charge in [0.25, 0.3) is 0 Å². The molecule has 0 radical (unpaired) electrons. The maximum atomic E-state index is 9.87. The molecule has 1 atom stereocenters. The Morgan fingerprint density at radius 3 is 2.45 bits per heavy atom. The number of rotatable bonds is 10. The first kappa shape index (κ1) is 17.6. The molecule has 0 aliphatic heterocycles. The Hall–Kier alpha value is -0.470. The second-order valence-corrected chi connectivity index (χ2v) is 7.57. The molecule has 4 heteroatoms. The molecular weight excluding hydrogens is 271 g/mol. The second kappa shape index (κ2) is 9.46. The van der Waals surface area contributed by atoms with Gasteiger partial charge in [-0.05, 0) is 30.7 Å². The van der Waals surface area contributed by atoms with Crippen LogP contribution in [0, 0.1) is 5.92 Å². The van der Waals surface area contributed by atoms with Crippen molar-refractivity contribution in [1.29, 1.82) is 0 Å². The molecule has 0 saturated heterocycles. The van der Waals surface area contributed by atoms with Crippen molar-refractivity contribution in [2.45, 2.75) is 46.0 Å². The maximum Gasteiger partial charge on any atom is 0.406 e. The van der Waals surface area contributed by atoms with Crippen molar-refractivity contribution in [3.05, 3.63) is 35.9 Å². The monoisotopic (exact) mass is 299 g/mol. The van der Waals surface area contributed by atoms with Crippen molar-refractivity contribution in [3.8, 4) is 0 Å². The zero-order valence-electron chi connectivity index (χ0n) is 12.7. The lowest BCUT2D eigenvalue weighted by atomic mass is 10.0. The van der Waals surface area contributed by atoms with Crippen LogP contribution in [0.3, 0.4) is 0 Å². The molecule has 0 fully saturated rings. The quantitative estimate of drug-likeness (QED) is 0.502. The van der Waals surface area contributed by atoms with Gasteiger partial charge in [0.15, 0.2) is 0 Å². The molecule has 1 aromatic rings. The van der Waals surface area contributed by atoms with Crippen molar-refractivity contribution >= 4 is 7.94 Å². The zero-order valence-corrected chi connectivity index (χ0v) is 13.6. The minimum absolute atomic E-state index is 0.284. The van der Waals surface area contributed by atoms with Crippen LogP contribution in [-0.2, 0) is 10.9 Å². The van der Waals surface area contributed by atoms with Crippen LogP contribution in [0.4, 0.5) is 0 Å². The average Bonchev–Trinajstić information content (AvgIpc) is 2.43. The van der Waals surface area contributed by atoms with Crippen molar-refractivity contribution in [2.75, 3.05) is 12.8 Å². The van der Waals surface area contributed by atoms with Crippen molar-refractivity contribution in [1.82, 2.24) is 0 Å². The van der Waals surface area contributed by atoms with Crippen molar-refractivity contribution in [3.63, 3.8) is 0 Å². The lowest BCUT2D eigenvalue weighted by molar-refractivity contribution is 0.196. The van der Waals surface area contributed by atoms with E-state index in [-0.39, 0.29) is 5.92 Å². The number of hydrogen-bond acceptors (Lipinski definition) is 3. The summed E-state index contributed by atoms with van der Waals surface area (Å²) < 4.78 is 5.37. The predicted octanol–water partition coefficient (Wildman–Crippen LogP) is 4.21. The summed E-state index contributed by atoms with van der Waals surface area (Å²) in [5.41, 5.74) is 1.26. The largest absolute Gasteiger partial charge is 0.406 e. The van der Waals surface area contributed by atoms with Gasteiger partial charge in [0.2, 0.25) is 0 Å². The Balaban J connectivity index is 2.23. The van der Waals surface area contributed by atoms with Gasteiger partial charge in [0.05, 0.1) is 0 Å². The van der Waals surface area contributed by atoms with Crippen LogP contribution in [0.5, 0.6) is 0 Å². The van der Waals surface area contributed by atoms with Gasteiger partial charge in [-0.25, -0.2) is 0 Å². The van der Waals surface area contributed by atoms with E-state index < -0.39 is 7.94 Å². The molecular formula is C16H28O3P+. The summed E-state index contributed by atoms with van der Waals surface area (Å²) in [6.45, 7) is 4.62. The molecule has 114 valence electrons. The van der Waals surface area contributed by atoms with Gasteiger partial charge in [-0.3, -0.25) is 0 Å². The highest BCUT2D eigenvalue weighted by molar-refractivity contribution is 7.59. The Kier molecular flexibility index (Phi) is 8.32. The summed E-state index contributed by atoms with van der Waals surface area (Å²) >= 11 is 0. The second-order valence-electron chi connectivity index (χ2n) is 5.54. The molecule has 20 heavy (non-hydrogen) atoms. The van der Waals surface area contributed by atoms with Crippen LogP contribution >= 0.6 is 7.94 Å². The Morgan fingerprint density at radius 1 is 1.10 bits per heavy atom. The Morgan fingerprint density at radius 2 is 1.80 bits per heavy atom. The SMILES string of the molecule is CCCCCC[P+](O)(O)OC[C@H](C)Cc1ccccc1. The highest BCUT2D eigenvalue weighted by Gasteiger charge is 2.35. The molecule has 0 spiro atoms. The first-order valence-electron chi connectivity index (χ1n) is 7.55. The molecule has 1 aromatic carbocycles.